The lowest BCUT2D eigenvalue weighted by molar-refractivity contribution is -0.132. The van der Waals surface area contributed by atoms with Crippen LogP contribution in [0.25, 0.3) is 0 Å². The van der Waals surface area contributed by atoms with E-state index in [4.69, 9.17) is 5.73 Å². The number of nitrogens with two attached hydrogens (primary N) is 1. The van der Waals surface area contributed by atoms with Gasteiger partial charge in [-0.3, -0.25) is 9.69 Å². The Labute approximate surface area is 133 Å². The monoisotopic (exact) mass is 301 g/mol. The van der Waals surface area contributed by atoms with Gasteiger partial charge in [0.2, 0.25) is 5.91 Å². The first-order valence-corrected chi connectivity index (χ1v) is 8.40. The number of nitrogens with zero attached hydrogens (tertiary/aromatic N) is 2. The molecule has 2 aliphatic rings. The van der Waals surface area contributed by atoms with Gasteiger partial charge in [-0.1, -0.05) is 30.3 Å². The van der Waals surface area contributed by atoms with Crippen molar-refractivity contribution in [1.29, 1.82) is 0 Å². The molecular weight excluding hydrogens is 274 g/mol. The quantitative estimate of drug-likeness (QED) is 0.926. The second-order valence-electron chi connectivity index (χ2n) is 6.93. The number of hydrogen-bond acceptors (Lipinski definition) is 3. The van der Waals surface area contributed by atoms with Crippen LogP contribution >= 0.6 is 0 Å². The van der Waals surface area contributed by atoms with Crippen LogP contribution in [-0.2, 0) is 4.79 Å². The first-order valence-electron chi connectivity index (χ1n) is 8.40. The summed E-state index contributed by atoms with van der Waals surface area (Å²) in [7, 11) is 0. The Balaban J connectivity index is 1.63. The Morgan fingerprint density at radius 2 is 1.77 bits per heavy atom. The van der Waals surface area contributed by atoms with E-state index >= 15 is 0 Å². The number of amides is 1. The first-order chi connectivity index (χ1) is 10.6. The van der Waals surface area contributed by atoms with Crippen molar-refractivity contribution in [2.24, 2.45) is 5.73 Å². The summed E-state index contributed by atoms with van der Waals surface area (Å²) < 4.78 is 0. The van der Waals surface area contributed by atoms with Gasteiger partial charge in [0.1, 0.15) is 0 Å². The molecule has 2 fully saturated rings. The summed E-state index contributed by atoms with van der Waals surface area (Å²) in [5.41, 5.74) is 7.54. The molecule has 4 heteroatoms. The molecule has 0 radical (unpaired) electrons. The zero-order valence-electron chi connectivity index (χ0n) is 13.6. The van der Waals surface area contributed by atoms with Crippen LogP contribution < -0.4 is 5.73 Å². The molecule has 2 saturated heterocycles. The molecule has 120 valence electrons. The maximum Gasteiger partial charge on any atom is 0.236 e. The third-order valence-electron chi connectivity index (χ3n) is 5.40. The Kier molecular flexibility index (Phi) is 4.50. The lowest BCUT2D eigenvalue weighted by atomic mass is 9.95. The van der Waals surface area contributed by atoms with E-state index in [9.17, 15) is 4.79 Å². The predicted molar refractivity (Wildman–Crippen MR) is 88.6 cm³/mol. The van der Waals surface area contributed by atoms with Crippen molar-refractivity contribution in [3.63, 3.8) is 0 Å². The van der Waals surface area contributed by atoms with E-state index in [2.05, 4.69) is 30.9 Å². The normalized spacial score (nSPS) is 32.6. The largest absolute Gasteiger partial charge is 0.339 e. The highest BCUT2D eigenvalue weighted by Crippen LogP contribution is 2.28. The summed E-state index contributed by atoms with van der Waals surface area (Å²) >= 11 is 0. The average molecular weight is 301 g/mol. The van der Waals surface area contributed by atoms with Gasteiger partial charge in [0.15, 0.2) is 0 Å². The first kappa shape index (κ1) is 15.5. The van der Waals surface area contributed by atoms with Gasteiger partial charge in [-0.25, -0.2) is 0 Å². The molecule has 2 aliphatic heterocycles. The van der Waals surface area contributed by atoms with Crippen molar-refractivity contribution in [2.75, 3.05) is 19.6 Å². The van der Waals surface area contributed by atoms with Crippen molar-refractivity contribution in [1.82, 2.24) is 9.80 Å². The maximum absolute atomic E-state index is 12.6. The topological polar surface area (TPSA) is 49.6 Å². The van der Waals surface area contributed by atoms with Crippen LogP contribution in [0.4, 0.5) is 0 Å². The molecule has 3 rings (SSSR count). The molecule has 2 unspecified atom stereocenters. The second-order valence-corrected chi connectivity index (χ2v) is 6.93. The highest BCUT2D eigenvalue weighted by Gasteiger charge is 2.36. The minimum absolute atomic E-state index is 0.0415. The van der Waals surface area contributed by atoms with Crippen molar-refractivity contribution in [3.05, 3.63) is 35.9 Å². The van der Waals surface area contributed by atoms with Gasteiger partial charge in [-0.2, -0.15) is 0 Å². The molecule has 4 nitrogen and oxygen atoms in total. The second kappa shape index (κ2) is 6.39. The smallest absolute Gasteiger partial charge is 0.236 e. The third kappa shape index (κ3) is 3.03. The Hall–Kier alpha value is -1.39. The summed E-state index contributed by atoms with van der Waals surface area (Å²) in [6.07, 6.45) is 2.39. The van der Waals surface area contributed by atoms with Gasteiger partial charge in [-0.05, 0) is 32.3 Å². The molecule has 22 heavy (non-hydrogen) atoms. The lowest BCUT2D eigenvalue weighted by Crippen LogP contribution is -2.43. The molecule has 1 amide bonds. The highest BCUT2D eigenvalue weighted by atomic mass is 16.2. The standard InChI is InChI=1S/C18H27N3O/c1-13-8-9-14(2)21(13)12-18(22)20-10-16(17(19)11-20)15-6-4-3-5-7-15/h3-7,13-14,16-17H,8-12,19H2,1-2H3/t13?,14?,16-,17+/m0/s1. The van der Waals surface area contributed by atoms with Crippen LogP contribution in [0, 0.1) is 0 Å². The van der Waals surface area contributed by atoms with E-state index in [1.165, 1.54) is 18.4 Å². The molecule has 2 heterocycles. The summed E-state index contributed by atoms with van der Waals surface area (Å²) in [6, 6.07) is 11.4. The van der Waals surface area contributed by atoms with E-state index in [-0.39, 0.29) is 17.9 Å². The summed E-state index contributed by atoms with van der Waals surface area (Å²) in [5, 5.41) is 0. The molecule has 0 aromatic heterocycles. The van der Waals surface area contributed by atoms with Crippen molar-refractivity contribution in [2.45, 2.75) is 50.7 Å². The Morgan fingerprint density at radius 1 is 1.14 bits per heavy atom. The average Bonchev–Trinajstić information content (AvgIpc) is 3.05. The molecule has 0 bridgehead atoms. The van der Waals surface area contributed by atoms with Gasteiger partial charge < -0.3 is 10.6 Å². The molecule has 1 aromatic rings. The number of hydrogen-bond donors (Lipinski definition) is 1. The zero-order valence-corrected chi connectivity index (χ0v) is 13.6. The van der Waals surface area contributed by atoms with Crippen molar-refractivity contribution < 1.29 is 4.79 Å². The fraction of sp³-hybridized carbons (Fsp3) is 0.611. The van der Waals surface area contributed by atoms with Crippen molar-refractivity contribution >= 4 is 5.91 Å². The summed E-state index contributed by atoms with van der Waals surface area (Å²) in [5.74, 6) is 0.494. The van der Waals surface area contributed by atoms with Crippen LogP contribution in [-0.4, -0.2) is 53.5 Å². The van der Waals surface area contributed by atoms with Crippen LogP contribution in [0.2, 0.25) is 0 Å². The fourth-order valence-corrected chi connectivity index (χ4v) is 3.90. The molecule has 1 aromatic carbocycles. The van der Waals surface area contributed by atoms with E-state index in [0.29, 0.717) is 25.2 Å². The number of carbonyl (C=O) groups is 1. The van der Waals surface area contributed by atoms with Crippen LogP contribution in [0.5, 0.6) is 0 Å². The fourth-order valence-electron chi connectivity index (χ4n) is 3.90. The van der Waals surface area contributed by atoms with E-state index in [0.717, 1.165) is 6.54 Å². The minimum atomic E-state index is 0.0415. The SMILES string of the molecule is CC1CCC(C)N1CC(=O)N1C[C@@H](N)[C@H](c2ccccc2)C1. The molecular formula is C18H27N3O. The zero-order chi connectivity index (χ0) is 15.7. The molecule has 0 spiro atoms. The van der Waals surface area contributed by atoms with Crippen LogP contribution in [0.15, 0.2) is 30.3 Å². The van der Waals surface area contributed by atoms with Gasteiger partial charge in [0.05, 0.1) is 6.54 Å². The lowest BCUT2D eigenvalue weighted by Gasteiger charge is -2.27. The molecule has 0 aliphatic carbocycles. The number of carbonyl (C=O) groups excluding carboxylic acids is 1. The molecule has 2 N–H and O–H groups in total. The van der Waals surface area contributed by atoms with Gasteiger partial charge in [0.25, 0.3) is 0 Å². The van der Waals surface area contributed by atoms with Crippen molar-refractivity contribution in [3.8, 4) is 0 Å². The predicted octanol–water partition coefficient (Wildman–Crippen LogP) is 1.81. The Morgan fingerprint density at radius 3 is 2.41 bits per heavy atom. The minimum Gasteiger partial charge on any atom is -0.339 e. The van der Waals surface area contributed by atoms with Crippen LogP contribution in [0.3, 0.4) is 0 Å². The van der Waals surface area contributed by atoms with Gasteiger partial charge >= 0.3 is 0 Å². The third-order valence-corrected chi connectivity index (χ3v) is 5.40. The van der Waals surface area contributed by atoms with E-state index < -0.39 is 0 Å². The van der Waals surface area contributed by atoms with Crippen LogP contribution in [0.1, 0.15) is 38.2 Å². The number of rotatable bonds is 3. The summed E-state index contributed by atoms with van der Waals surface area (Å²) in [6.45, 7) is 6.41. The van der Waals surface area contributed by atoms with E-state index in [1.807, 2.05) is 23.1 Å². The maximum atomic E-state index is 12.6. The number of benzene rings is 1. The van der Waals surface area contributed by atoms with E-state index in [1.54, 1.807) is 0 Å². The summed E-state index contributed by atoms with van der Waals surface area (Å²) in [4.78, 5) is 16.9. The van der Waals surface area contributed by atoms with Gasteiger partial charge in [-0.15, -0.1) is 0 Å². The molecule has 4 atom stereocenters. The van der Waals surface area contributed by atoms with Gasteiger partial charge in [0, 0.05) is 37.1 Å². The Bertz CT molecular complexity index is 508. The number of likely N-dealkylation sites (tertiary alicyclic amines) is 2. The molecule has 0 saturated carbocycles. The highest BCUT2D eigenvalue weighted by molar-refractivity contribution is 5.79.